The summed E-state index contributed by atoms with van der Waals surface area (Å²) in [6, 6.07) is 0. The van der Waals surface area contributed by atoms with Crippen LogP contribution in [0.2, 0.25) is 0 Å². The third-order valence-corrected chi connectivity index (χ3v) is 6.56. The Bertz CT molecular complexity index is 464. The SMILES string of the molecule is CC1(C)CC(OCCOCCOCCS(=O)(=O)O)CC(C)(C)N1Br. The molecule has 0 bridgehead atoms. The Hall–Kier alpha value is 0.230. The number of piperidine rings is 1. The lowest BCUT2D eigenvalue weighted by molar-refractivity contribution is -0.0725. The smallest absolute Gasteiger partial charge is 0.267 e. The predicted molar refractivity (Wildman–Crippen MR) is 96.0 cm³/mol. The molecule has 1 fully saturated rings. The summed E-state index contributed by atoms with van der Waals surface area (Å²) in [6.07, 6.45) is 2.08. The van der Waals surface area contributed by atoms with E-state index in [1.54, 1.807) is 0 Å². The highest BCUT2D eigenvalue weighted by atomic mass is 79.9. The van der Waals surface area contributed by atoms with Crippen LogP contribution in [0, 0.1) is 0 Å². The van der Waals surface area contributed by atoms with Gasteiger partial charge in [-0.2, -0.15) is 8.42 Å². The minimum atomic E-state index is -3.95. The molecule has 9 heteroatoms. The van der Waals surface area contributed by atoms with Gasteiger partial charge < -0.3 is 14.2 Å². The Morgan fingerprint density at radius 3 is 1.96 bits per heavy atom. The van der Waals surface area contributed by atoms with Crippen LogP contribution in [0.5, 0.6) is 0 Å². The highest BCUT2D eigenvalue weighted by Gasteiger charge is 2.44. The molecule has 0 radical (unpaired) electrons. The standard InChI is InChI=1S/C15H30BrNO6S/c1-14(2)11-13(12-15(3,4)17(14)16)23-8-7-21-5-6-22-9-10-24(18,19)20/h13H,5-12H2,1-4H3,(H,18,19,20). The molecule has 0 aromatic carbocycles. The fourth-order valence-electron chi connectivity index (χ4n) is 3.04. The lowest BCUT2D eigenvalue weighted by Crippen LogP contribution is -2.57. The van der Waals surface area contributed by atoms with Gasteiger partial charge in [0, 0.05) is 27.2 Å². The van der Waals surface area contributed by atoms with E-state index in [4.69, 9.17) is 18.8 Å². The third kappa shape index (κ3) is 8.07. The normalized spacial score (nSPS) is 21.9. The van der Waals surface area contributed by atoms with E-state index >= 15 is 0 Å². The van der Waals surface area contributed by atoms with E-state index in [2.05, 4.69) is 47.8 Å². The molecule has 0 unspecified atom stereocenters. The average Bonchev–Trinajstić information content (AvgIpc) is 2.41. The molecule has 1 heterocycles. The van der Waals surface area contributed by atoms with E-state index in [-0.39, 0.29) is 30.4 Å². The Kier molecular flexibility index (Phi) is 8.58. The summed E-state index contributed by atoms with van der Waals surface area (Å²) in [5.74, 6) is -0.395. The molecule has 0 saturated carbocycles. The van der Waals surface area contributed by atoms with E-state index < -0.39 is 15.9 Å². The van der Waals surface area contributed by atoms with Gasteiger partial charge in [0.15, 0.2) is 0 Å². The molecule has 24 heavy (non-hydrogen) atoms. The largest absolute Gasteiger partial charge is 0.378 e. The van der Waals surface area contributed by atoms with Gasteiger partial charge in [0.1, 0.15) is 0 Å². The van der Waals surface area contributed by atoms with Gasteiger partial charge in [-0.1, -0.05) is 0 Å². The topological polar surface area (TPSA) is 85.3 Å². The van der Waals surface area contributed by atoms with Crippen molar-refractivity contribution in [1.82, 2.24) is 3.93 Å². The van der Waals surface area contributed by atoms with Gasteiger partial charge in [-0.3, -0.25) is 4.55 Å². The van der Waals surface area contributed by atoms with Crippen LogP contribution < -0.4 is 0 Å². The van der Waals surface area contributed by atoms with Crippen LogP contribution in [0.1, 0.15) is 40.5 Å². The first-order valence-corrected chi connectivity index (χ1v) is 10.4. The molecule has 1 rings (SSSR count). The fourth-order valence-corrected chi connectivity index (χ4v) is 3.66. The zero-order valence-electron chi connectivity index (χ0n) is 15.0. The van der Waals surface area contributed by atoms with Gasteiger partial charge in [-0.25, -0.2) is 3.93 Å². The molecule has 7 nitrogen and oxygen atoms in total. The second kappa shape index (κ2) is 9.25. The first kappa shape index (κ1) is 22.3. The summed E-state index contributed by atoms with van der Waals surface area (Å²) >= 11 is 3.68. The van der Waals surface area contributed by atoms with Gasteiger partial charge in [0.2, 0.25) is 0 Å². The minimum absolute atomic E-state index is 0.0220. The highest BCUT2D eigenvalue weighted by Crippen LogP contribution is 2.41. The van der Waals surface area contributed by atoms with Crippen LogP contribution in [0.4, 0.5) is 0 Å². The van der Waals surface area contributed by atoms with Crippen LogP contribution in [-0.4, -0.2) is 72.9 Å². The maximum atomic E-state index is 10.5. The van der Waals surface area contributed by atoms with E-state index in [0.717, 1.165) is 12.8 Å². The van der Waals surface area contributed by atoms with Crippen LogP contribution in [-0.2, 0) is 24.3 Å². The summed E-state index contributed by atoms with van der Waals surface area (Å²) in [6.45, 7) is 10.4. The molecule has 0 aliphatic carbocycles. The van der Waals surface area contributed by atoms with Gasteiger partial charge in [0.05, 0.1) is 44.9 Å². The van der Waals surface area contributed by atoms with Crippen molar-refractivity contribution in [1.29, 1.82) is 0 Å². The molecular weight excluding hydrogens is 402 g/mol. The first-order chi connectivity index (χ1) is 10.9. The zero-order valence-corrected chi connectivity index (χ0v) is 17.4. The Morgan fingerprint density at radius 2 is 1.46 bits per heavy atom. The molecule has 1 aliphatic heterocycles. The van der Waals surface area contributed by atoms with Crippen molar-refractivity contribution in [2.45, 2.75) is 57.7 Å². The van der Waals surface area contributed by atoms with Crippen LogP contribution in [0.15, 0.2) is 0 Å². The van der Waals surface area contributed by atoms with E-state index in [0.29, 0.717) is 19.8 Å². The summed E-state index contributed by atoms with van der Waals surface area (Å²) in [5, 5.41) is 0. The van der Waals surface area contributed by atoms with Crippen LogP contribution in [0.25, 0.3) is 0 Å². The zero-order chi connectivity index (χ0) is 18.4. The van der Waals surface area contributed by atoms with Crippen LogP contribution in [0.3, 0.4) is 0 Å². The lowest BCUT2D eigenvalue weighted by atomic mass is 9.81. The molecular formula is C15H30BrNO6S. The average molecular weight is 432 g/mol. The number of hydrogen-bond acceptors (Lipinski definition) is 6. The Balaban J connectivity index is 2.11. The molecule has 1 N–H and O–H groups in total. The monoisotopic (exact) mass is 431 g/mol. The number of nitrogens with zero attached hydrogens (tertiary/aromatic N) is 1. The lowest BCUT2D eigenvalue weighted by Gasteiger charge is -2.51. The van der Waals surface area contributed by atoms with E-state index in [9.17, 15) is 8.42 Å². The van der Waals surface area contributed by atoms with Crippen LogP contribution >= 0.6 is 16.1 Å². The summed E-state index contributed by atoms with van der Waals surface area (Å²) < 4.78 is 48.2. The summed E-state index contributed by atoms with van der Waals surface area (Å²) in [4.78, 5) is 0. The van der Waals surface area contributed by atoms with Gasteiger partial charge in [-0.05, 0) is 40.5 Å². The quantitative estimate of drug-likeness (QED) is 0.322. The molecule has 0 aromatic rings. The fraction of sp³-hybridized carbons (Fsp3) is 1.00. The molecule has 1 saturated heterocycles. The molecule has 0 atom stereocenters. The second-order valence-corrected chi connectivity index (χ2v) is 9.60. The van der Waals surface area contributed by atoms with Crippen molar-refractivity contribution < 1.29 is 27.2 Å². The van der Waals surface area contributed by atoms with Crippen molar-refractivity contribution in [3.8, 4) is 0 Å². The molecule has 0 spiro atoms. The first-order valence-electron chi connectivity index (χ1n) is 8.12. The van der Waals surface area contributed by atoms with Gasteiger partial charge in [-0.15, -0.1) is 0 Å². The number of ether oxygens (including phenoxy) is 3. The minimum Gasteiger partial charge on any atom is -0.378 e. The van der Waals surface area contributed by atoms with Crippen molar-refractivity contribution in [2.24, 2.45) is 0 Å². The van der Waals surface area contributed by atoms with Gasteiger partial charge in [0.25, 0.3) is 10.1 Å². The van der Waals surface area contributed by atoms with E-state index in [1.165, 1.54) is 0 Å². The molecule has 1 aliphatic rings. The van der Waals surface area contributed by atoms with Crippen molar-refractivity contribution >= 4 is 26.3 Å². The van der Waals surface area contributed by atoms with Crippen molar-refractivity contribution in [2.75, 3.05) is 38.8 Å². The molecule has 0 amide bonds. The Morgan fingerprint density at radius 1 is 1.00 bits per heavy atom. The molecule has 144 valence electrons. The maximum absolute atomic E-state index is 10.5. The second-order valence-electron chi connectivity index (χ2n) is 7.32. The number of halogens is 1. The predicted octanol–water partition coefficient (Wildman–Crippen LogP) is 2.26. The highest BCUT2D eigenvalue weighted by molar-refractivity contribution is 9.07. The Labute approximate surface area is 154 Å². The maximum Gasteiger partial charge on any atom is 0.267 e. The number of rotatable bonds is 10. The van der Waals surface area contributed by atoms with Crippen molar-refractivity contribution in [3.63, 3.8) is 0 Å². The van der Waals surface area contributed by atoms with E-state index in [1.807, 2.05) is 0 Å². The molecule has 0 aromatic heterocycles. The van der Waals surface area contributed by atoms with Gasteiger partial charge >= 0.3 is 0 Å². The summed E-state index contributed by atoms with van der Waals surface area (Å²) in [5.41, 5.74) is 0.0440. The summed E-state index contributed by atoms with van der Waals surface area (Å²) in [7, 11) is -3.95. The number of hydrogen-bond donors (Lipinski definition) is 1. The van der Waals surface area contributed by atoms with Crippen molar-refractivity contribution in [3.05, 3.63) is 0 Å². The third-order valence-electron chi connectivity index (χ3n) is 3.96.